The first-order valence-corrected chi connectivity index (χ1v) is 9.82. The fourth-order valence-electron chi connectivity index (χ4n) is 1.96. The average Bonchev–Trinajstić information content (AvgIpc) is 2.57. The number of ether oxygens (including phenoxy) is 2. The van der Waals surface area contributed by atoms with Crippen LogP contribution in [0.5, 0.6) is 5.75 Å². The highest BCUT2D eigenvalue weighted by Gasteiger charge is 2.18. The molecule has 2 rings (SSSR count). The van der Waals surface area contributed by atoms with Crippen LogP contribution in [0.4, 0.5) is 16.2 Å². The Kier molecular flexibility index (Phi) is 6.48. The Morgan fingerprint density at radius 1 is 1.16 bits per heavy atom. The zero-order chi connectivity index (χ0) is 18.4. The molecule has 25 heavy (non-hydrogen) atoms. The SMILES string of the molecule is CCOC(=O)Nc1cc(S(=O)(=O)Nc2ccc(I)cc2)ccc1OC. The van der Waals surface area contributed by atoms with Crippen LogP contribution in [0.1, 0.15) is 6.92 Å². The maximum absolute atomic E-state index is 12.6. The molecule has 2 N–H and O–H groups in total. The van der Waals surface area contributed by atoms with Crippen LogP contribution in [-0.2, 0) is 14.8 Å². The van der Waals surface area contributed by atoms with E-state index in [4.69, 9.17) is 9.47 Å². The van der Waals surface area contributed by atoms with Crippen molar-refractivity contribution in [3.63, 3.8) is 0 Å². The summed E-state index contributed by atoms with van der Waals surface area (Å²) in [4.78, 5) is 11.6. The molecule has 2 aromatic rings. The van der Waals surface area contributed by atoms with E-state index in [9.17, 15) is 13.2 Å². The number of benzene rings is 2. The molecule has 0 unspecified atom stereocenters. The van der Waals surface area contributed by atoms with Crippen LogP contribution >= 0.6 is 22.6 Å². The first-order valence-electron chi connectivity index (χ1n) is 7.26. The van der Waals surface area contributed by atoms with Crippen molar-refractivity contribution >= 4 is 50.1 Å². The van der Waals surface area contributed by atoms with Gasteiger partial charge in [0.25, 0.3) is 10.0 Å². The Bertz CT molecular complexity index is 853. The summed E-state index contributed by atoms with van der Waals surface area (Å²) in [6.45, 7) is 1.86. The lowest BCUT2D eigenvalue weighted by Crippen LogP contribution is -2.16. The smallest absolute Gasteiger partial charge is 0.411 e. The molecular weight excluding hydrogens is 459 g/mol. The predicted molar refractivity (Wildman–Crippen MR) is 104 cm³/mol. The van der Waals surface area contributed by atoms with Gasteiger partial charge in [-0.2, -0.15) is 0 Å². The van der Waals surface area contributed by atoms with E-state index >= 15 is 0 Å². The molecule has 0 aromatic heterocycles. The minimum absolute atomic E-state index is 0.0151. The number of hydrogen-bond donors (Lipinski definition) is 2. The molecule has 1 amide bonds. The van der Waals surface area contributed by atoms with E-state index in [1.54, 1.807) is 31.2 Å². The summed E-state index contributed by atoms with van der Waals surface area (Å²) in [5.74, 6) is 0.321. The van der Waals surface area contributed by atoms with E-state index in [0.29, 0.717) is 11.4 Å². The Hall–Kier alpha value is -2.01. The molecule has 7 nitrogen and oxygen atoms in total. The summed E-state index contributed by atoms with van der Waals surface area (Å²) in [5.41, 5.74) is 0.641. The largest absolute Gasteiger partial charge is 0.495 e. The lowest BCUT2D eigenvalue weighted by atomic mass is 10.3. The van der Waals surface area contributed by atoms with E-state index in [0.717, 1.165) is 3.57 Å². The summed E-state index contributed by atoms with van der Waals surface area (Å²) < 4.78 is 38.5. The molecule has 134 valence electrons. The average molecular weight is 476 g/mol. The minimum Gasteiger partial charge on any atom is -0.495 e. The third-order valence-electron chi connectivity index (χ3n) is 3.09. The second-order valence-electron chi connectivity index (χ2n) is 4.82. The molecule has 0 heterocycles. The number of carbonyl (C=O) groups excluding carboxylic acids is 1. The van der Waals surface area contributed by atoms with Crippen LogP contribution in [-0.4, -0.2) is 28.2 Å². The van der Waals surface area contributed by atoms with E-state index in [1.165, 1.54) is 25.3 Å². The Labute approximate surface area is 159 Å². The highest BCUT2D eigenvalue weighted by molar-refractivity contribution is 14.1. The molecule has 0 aliphatic heterocycles. The van der Waals surface area contributed by atoms with Gasteiger partial charge in [-0.05, 0) is 72.0 Å². The van der Waals surface area contributed by atoms with E-state index < -0.39 is 16.1 Å². The molecule has 0 atom stereocenters. The number of nitrogens with one attached hydrogen (secondary N) is 2. The van der Waals surface area contributed by atoms with Crippen molar-refractivity contribution < 1.29 is 22.7 Å². The van der Waals surface area contributed by atoms with Crippen LogP contribution in [0.3, 0.4) is 0 Å². The molecule has 0 aliphatic carbocycles. The zero-order valence-corrected chi connectivity index (χ0v) is 16.6. The zero-order valence-electron chi connectivity index (χ0n) is 13.6. The summed E-state index contributed by atoms with van der Waals surface area (Å²) in [6.07, 6.45) is -0.694. The van der Waals surface area contributed by atoms with E-state index in [1.807, 2.05) is 0 Å². The van der Waals surface area contributed by atoms with Gasteiger partial charge in [-0.3, -0.25) is 10.0 Å². The van der Waals surface area contributed by atoms with Gasteiger partial charge in [0.1, 0.15) is 5.75 Å². The van der Waals surface area contributed by atoms with Crippen molar-refractivity contribution in [1.82, 2.24) is 0 Å². The van der Waals surface area contributed by atoms with Crippen LogP contribution in [0.2, 0.25) is 0 Å². The van der Waals surface area contributed by atoms with Gasteiger partial charge < -0.3 is 9.47 Å². The van der Waals surface area contributed by atoms with Gasteiger partial charge in [-0.1, -0.05) is 0 Å². The van der Waals surface area contributed by atoms with Crippen molar-refractivity contribution in [2.24, 2.45) is 0 Å². The number of methoxy groups -OCH3 is 1. The number of halogens is 1. The van der Waals surface area contributed by atoms with Gasteiger partial charge in [0, 0.05) is 9.26 Å². The van der Waals surface area contributed by atoms with E-state index in [2.05, 4.69) is 32.6 Å². The molecule has 0 aliphatic rings. The minimum atomic E-state index is -3.82. The highest BCUT2D eigenvalue weighted by atomic mass is 127. The fraction of sp³-hybridized carbons (Fsp3) is 0.188. The molecule has 0 fully saturated rings. The van der Waals surface area contributed by atoms with Gasteiger partial charge in [-0.15, -0.1) is 0 Å². The standard InChI is InChI=1S/C16H17IN2O5S/c1-3-24-16(20)18-14-10-13(8-9-15(14)23-2)25(21,22)19-12-6-4-11(17)5-7-12/h4-10,19H,3H2,1-2H3,(H,18,20). The topological polar surface area (TPSA) is 93.7 Å². The third kappa shape index (κ3) is 5.23. The molecule has 0 saturated heterocycles. The third-order valence-corrected chi connectivity index (χ3v) is 5.19. The first kappa shape index (κ1) is 19.3. The van der Waals surface area contributed by atoms with Gasteiger partial charge in [0.2, 0.25) is 0 Å². The maximum Gasteiger partial charge on any atom is 0.411 e. The molecule has 0 radical (unpaired) electrons. The van der Waals surface area contributed by atoms with Gasteiger partial charge in [0.15, 0.2) is 0 Å². The van der Waals surface area contributed by atoms with Crippen LogP contribution in [0.15, 0.2) is 47.4 Å². The van der Waals surface area contributed by atoms with Crippen LogP contribution < -0.4 is 14.8 Å². The number of sulfonamides is 1. The first-order chi connectivity index (χ1) is 11.9. The number of anilines is 2. The van der Waals surface area contributed by atoms with Crippen molar-refractivity contribution in [3.8, 4) is 5.75 Å². The van der Waals surface area contributed by atoms with Crippen molar-refractivity contribution in [2.45, 2.75) is 11.8 Å². The normalized spacial score (nSPS) is 10.8. The Morgan fingerprint density at radius 2 is 1.84 bits per heavy atom. The Balaban J connectivity index is 2.30. The fourth-order valence-corrected chi connectivity index (χ4v) is 3.41. The molecule has 2 aromatic carbocycles. The van der Waals surface area contributed by atoms with Gasteiger partial charge in [-0.25, -0.2) is 13.2 Å². The quantitative estimate of drug-likeness (QED) is 0.621. The van der Waals surface area contributed by atoms with Crippen LogP contribution in [0, 0.1) is 3.57 Å². The molecular formula is C16H17IN2O5S. The summed E-state index contributed by atoms with van der Waals surface area (Å²) in [6, 6.07) is 11.1. The number of carbonyl (C=O) groups is 1. The van der Waals surface area contributed by atoms with Gasteiger partial charge >= 0.3 is 6.09 Å². The molecule has 0 spiro atoms. The lowest BCUT2D eigenvalue weighted by molar-refractivity contribution is 0.168. The maximum atomic E-state index is 12.6. The predicted octanol–water partition coefficient (Wildman–Crippen LogP) is 3.67. The molecule has 0 bridgehead atoms. The molecule has 9 heteroatoms. The van der Waals surface area contributed by atoms with Crippen molar-refractivity contribution in [2.75, 3.05) is 23.8 Å². The number of hydrogen-bond acceptors (Lipinski definition) is 5. The molecule has 0 saturated carbocycles. The van der Waals surface area contributed by atoms with Crippen molar-refractivity contribution in [1.29, 1.82) is 0 Å². The van der Waals surface area contributed by atoms with Gasteiger partial charge in [0.05, 0.1) is 24.3 Å². The van der Waals surface area contributed by atoms with E-state index in [-0.39, 0.29) is 17.2 Å². The number of rotatable bonds is 6. The number of amides is 1. The summed E-state index contributed by atoms with van der Waals surface area (Å²) >= 11 is 2.13. The second-order valence-corrected chi connectivity index (χ2v) is 7.75. The van der Waals surface area contributed by atoms with Crippen molar-refractivity contribution in [3.05, 3.63) is 46.0 Å². The highest BCUT2D eigenvalue weighted by Crippen LogP contribution is 2.28. The second kappa shape index (κ2) is 8.39. The monoisotopic (exact) mass is 476 g/mol. The van der Waals surface area contributed by atoms with Crippen LogP contribution in [0.25, 0.3) is 0 Å². The summed E-state index contributed by atoms with van der Waals surface area (Å²) in [5, 5.41) is 2.47. The lowest BCUT2D eigenvalue weighted by Gasteiger charge is -2.13. The Morgan fingerprint density at radius 3 is 2.44 bits per heavy atom. The summed E-state index contributed by atoms with van der Waals surface area (Å²) in [7, 11) is -2.40.